The van der Waals surface area contributed by atoms with Gasteiger partial charge >= 0.3 is 5.97 Å². The molecule has 2 unspecified atom stereocenters. The second kappa shape index (κ2) is 27.8. The van der Waals surface area contributed by atoms with Gasteiger partial charge in [-0.2, -0.15) is 0 Å². The maximum atomic E-state index is 13.8. The van der Waals surface area contributed by atoms with E-state index in [9.17, 15) is 19.5 Å². The van der Waals surface area contributed by atoms with Gasteiger partial charge in [-0.25, -0.2) is 19.6 Å². The van der Waals surface area contributed by atoms with E-state index in [0.717, 1.165) is 44.5 Å². The number of nitrogens with zero attached hydrogens (tertiary/aromatic N) is 5. The first kappa shape index (κ1) is 60.2. The summed E-state index contributed by atoms with van der Waals surface area (Å²) in [5.41, 5.74) is 7.93. The Morgan fingerprint density at radius 2 is 1.35 bits per heavy atom. The standard InChI is InChI=1S/C66H72N7O11P/c1-43(2)73(44(3)4)85(82-36-35-74)84-57-37-60(83-58(57)40-81-66(47-15-8-7-9-16-47,48-27-31-50(78-5)32-28-48)49-29-33-51(79-6)34-30-49)72-42-70-62-63(68-41-69-64(62)72)71-65(77)46-25-23-45(24-26-46)38-67-59(75)21-14-22-61(76)80-39-56-54-19-12-10-17-52(54)53-18-11-13-20-55(53)56/h7-13,15-20,23-34,41-44,56-58,60,74H,14,21-22,35-40H2,1-6H3,(H,67,75)(H,68,69,71,77)/t57?,58-,60-,85?/m1/s1. The van der Waals surface area contributed by atoms with Crippen LogP contribution in [0, 0.1) is 0 Å². The van der Waals surface area contributed by atoms with Gasteiger partial charge in [-0.1, -0.05) is 115 Å². The molecule has 442 valence electrons. The van der Waals surface area contributed by atoms with E-state index < -0.39 is 38.5 Å². The van der Waals surface area contributed by atoms with Crippen molar-refractivity contribution in [2.45, 2.75) is 102 Å². The molecule has 85 heavy (non-hydrogen) atoms. The molecule has 8 aromatic rings. The predicted octanol–water partition coefficient (Wildman–Crippen LogP) is 11.3. The number of carbonyl (C=O) groups is 3. The van der Waals surface area contributed by atoms with Crippen LogP contribution >= 0.6 is 8.53 Å². The summed E-state index contributed by atoms with van der Waals surface area (Å²) in [4.78, 5) is 53.3. The number of carbonyl (C=O) groups excluding carboxylic acids is 3. The van der Waals surface area contributed by atoms with E-state index in [2.05, 4.69) is 77.2 Å². The fourth-order valence-corrected chi connectivity index (χ4v) is 13.0. The Hall–Kier alpha value is -7.93. The second-order valence-corrected chi connectivity index (χ2v) is 22.8. The first-order valence-electron chi connectivity index (χ1n) is 28.7. The lowest BCUT2D eigenvalue weighted by Gasteiger charge is -2.39. The minimum absolute atomic E-state index is 0.0273. The van der Waals surface area contributed by atoms with E-state index in [1.165, 1.54) is 6.33 Å². The maximum absolute atomic E-state index is 13.8. The van der Waals surface area contributed by atoms with Gasteiger partial charge in [0.1, 0.15) is 42.4 Å². The van der Waals surface area contributed by atoms with Crippen molar-refractivity contribution >= 4 is 43.3 Å². The van der Waals surface area contributed by atoms with Crippen LogP contribution in [0.15, 0.2) is 164 Å². The van der Waals surface area contributed by atoms with Crippen molar-refractivity contribution in [3.63, 3.8) is 0 Å². The molecule has 0 bridgehead atoms. The van der Waals surface area contributed by atoms with Crippen LogP contribution in [-0.4, -0.2) is 112 Å². The molecule has 10 rings (SSSR count). The number of amides is 2. The van der Waals surface area contributed by atoms with Crippen molar-refractivity contribution in [3.8, 4) is 22.6 Å². The van der Waals surface area contributed by atoms with Crippen molar-refractivity contribution in [2.75, 3.05) is 46.0 Å². The third-order valence-electron chi connectivity index (χ3n) is 15.3. The Bertz CT molecular complexity index is 3430. The number of ether oxygens (including phenoxy) is 5. The highest BCUT2D eigenvalue weighted by Crippen LogP contribution is 2.51. The molecule has 1 saturated heterocycles. The molecule has 2 amide bonds. The van der Waals surface area contributed by atoms with Gasteiger partial charge in [-0.15, -0.1) is 0 Å². The van der Waals surface area contributed by atoms with Gasteiger partial charge in [0.05, 0.1) is 46.5 Å². The second-order valence-electron chi connectivity index (χ2n) is 21.4. The lowest BCUT2D eigenvalue weighted by molar-refractivity contribution is -0.144. The summed E-state index contributed by atoms with van der Waals surface area (Å²) in [5, 5.41) is 15.8. The Labute approximate surface area is 496 Å². The average Bonchev–Trinajstić information content (AvgIpc) is 2.16. The number of imidazole rings is 1. The molecule has 1 fully saturated rings. The highest BCUT2D eigenvalue weighted by molar-refractivity contribution is 7.44. The minimum Gasteiger partial charge on any atom is -0.497 e. The van der Waals surface area contributed by atoms with Crippen LogP contribution in [-0.2, 0) is 45.0 Å². The number of methoxy groups -OCH3 is 2. The van der Waals surface area contributed by atoms with Gasteiger partial charge in [0, 0.05) is 49.4 Å². The minimum atomic E-state index is -1.72. The van der Waals surface area contributed by atoms with Crippen molar-refractivity contribution < 1.29 is 52.2 Å². The van der Waals surface area contributed by atoms with Crippen LogP contribution in [0.2, 0.25) is 0 Å². The number of rotatable bonds is 27. The van der Waals surface area contributed by atoms with Crippen molar-refractivity contribution in [3.05, 3.63) is 203 Å². The van der Waals surface area contributed by atoms with E-state index in [-0.39, 0.29) is 81.5 Å². The zero-order chi connectivity index (χ0) is 59.5. The van der Waals surface area contributed by atoms with E-state index in [1.807, 2.05) is 108 Å². The van der Waals surface area contributed by atoms with E-state index in [4.69, 9.17) is 37.7 Å². The summed E-state index contributed by atoms with van der Waals surface area (Å²) < 4.78 is 48.7. The van der Waals surface area contributed by atoms with Gasteiger partial charge in [-0.3, -0.25) is 19.0 Å². The number of aliphatic hydroxyl groups excluding tert-OH is 1. The largest absolute Gasteiger partial charge is 0.497 e. The van der Waals surface area contributed by atoms with Crippen LogP contribution in [0.1, 0.15) is 109 Å². The number of esters is 1. The number of aliphatic hydroxyl groups is 1. The lowest BCUT2D eigenvalue weighted by Crippen LogP contribution is -2.39. The van der Waals surface area contributed by atoms with E-state index in [0.29, 0.717) is 41.1 Å². The van der Waals surface area contributed by atoms with E-state index in [1.54, 1.807) is 44.8 Å². The molecule has 18 nitrogen and oxygen atoms in total. The van der Waals surface area contributed by atoms with Gasteiger partial charge in [0.25, 0.3) is 14.4 Å². The number of fused-ring (bicyclic) bond motifs is 4. The molecule has 4 atom stereocenters. The molecule has 0 spiro atoms. The Kier molecular flexibility index (Phi) is 19.7. The zero-order valence-electron chi connectivity index (χ0n) is 48.6. The molecule has 3 N–H and O–H groups in total. The molecule has 0 radical (unpaired) electrons. The van der Waals surface area contributed by atoms with Crippen LogP contribution in [0.3, 0.4) is 0 Å². The maximum Gasteiger partial charge on any atom is 0.305 e. The van der Waals surface area contributed by atoms with Gasteiger partial charge in [0.15, 0.2) is 17.0 Å². The number of hydrogen-bond donors (Lipinski definition) is 3. The topological polar surface area (TPSA) is 207 Å². The summed E-state index contributed by atoms with van der Waals surface area (Å²) in [7, 11) is 1.55. The van der Waals surface area contributed by atoms with Gasteiger partial charge < -0.3 is 48.5 Å². The Balaban J connectivity index is 0.813. The monoisotopic (exact) mass is 1170 g/mol. The van der Waals surface area contributed by atoms with Crippen molar-refractivity contribution in [1.82, 2.24) is 29.5 Å². The molecule has 19 heteroatoms. The fourth-order valence-electron chi connectivity index (χ4n) is 11.3. The summed E-state index contributed by atoms with van der Waals surface area (Å²) in [6.07, 6.45) is 1.98. The third kappa shape index (κ3) is 13.6. The third-order valence-corrected chi connectivity index (χ3v) is 17.5. The lowest BCUT2D eigenvalue weighted by atomic mass is 9.80. The quantitative estimate of drug-likeness (QED) is 0.0249. The normalized spacial score (nSPS) is 16.1. The molecule has 1 aliphatic carbocycles. The number of anilines is 1. The Morgan fingerprint density at radius 3 is 1.96 bits per heavy atom. The summed E-state index contributed by atoms with van der Waals surface area (Å²) in [6, 6.07) is 49.0. The molecule has 1 aliphatic heterocycles. The predicted molar refractivity (Wildman–Crippen MR) is 324 cm³/mol. The summed E-state index contributed by atoms with van der Waals surface area (Å²) in [6.45, 7) is 8.75. The van der Waals surface area contributed by atoms with E-state index >= 15 is 0 Å². The van der Waals surface area contributed by atoms with Crippen LogP contribution < -0.4 is 20.1 Å². The van der Waals surface area contributed by atoms with Crippen molar-refractivity contribution in [1.29, 1.82) is 0 Å². The molecular weight excluding hydrogens is 1100 g/mol. The highest BCUT2D eigenvalue weighted by atomic mass is 31.2. The van der Waals surface area contributed by atoms with Gasteiger partial charge in [-0.05, 0) is 115 Å². The SMILES string of the molecule is COc1ccc(C(OC[C@H]2O[C@@H](n3cnc4c(NC(=O)c5ccc(CNC(=O)CCCC(=O)OCC6c7ccccc7-c7ccccc76)cc5)ncnc43)CC2OP(OCCO)N(C(C)C)C(C)C)(c2ccccc2)c2ccc(OC)cc2)cc1. The first-order chi connectivity index (χ1) is 41.4. The number of hydrogen-bond acceptors (Lipinski definition) is 15. The Morgan fingerprint density at radius 1 is 0.741 bits per heavy atom. The fraction of sp³-hybridized carbons (Fsp3) is 0.333. The molecule has 3 heterocycles. The summed E-state index contributed by atoms with van der Waals surface area (Å²) in [5.74, 6) is 0.599. The van der Waals surface area contributed by atoms with Crippen LogP contribution in [0.4, 0.5) is 5.82 Å². The summed E-state index contributed by atoms with van der Waals surface area (Å²) >= 11 is 0. The molecular formula is C66H72N7O11P. The van der Waals surface area contributed by atoms with Crippen LogP contribution in [0.5, 0.6) is 11.5 Å². The molecule has 2 aromatic heterocycles. The molecule has 6 aromatic carbocycles. The first-order valence-corrected chi connectivity index (χ1v) is 29.8. The zero-order valence-corrected chi connectivity index (χ0v) is 49.5. The van der Waals surface area contributed by atoms with Crippen LogP contribution in [0.25, 0.3) is 22.3 Å². The highest BCUT2D eigenvalue weighted by Gasteiger charge is 2.45. The smallest absolute Gasteiger partial charge is 0.305 e. The molecule has 0 saturated carbocycles. The molecule has 2 aliphatic rings. The average molecular weight is 1170 g/mol. The van der Waals surface area contributed by atoms with Gasteiger partial charge in [0.2, 0.25) is 5.91 Å². The van der Waals surface area contributed by atoms with Crippen molar-refractivity contribution in [2.24, 2.45) is 0 Å². The number of nitrogens with one attached hydrogen (secondary N) is 2. The number of aromatic nitrogens is 4. The number of benzene rings is 6.